The molecular weight excluding hydrogens is 346 g/mol. The average molecular weight is 375 g/mol. The third-order valence-corrected chi connectivity index (χ3v) is 4.76. The molecule has 0 amide bonds. The molecule has 6 nitrogen and oxygen atoms in total. The maximum Gasteiger partial charge on any atom is 0.305 e. The van der Waals surface area contributed by atoms with Crippen LogP contribution in [0.4, 0.5) is 0 Å². The van der Waals surface area contributed by atoms with Gasteiger partial charge in [0.2, 0.25) is 0 Å². The minimum atomic E-state index is -0.183. The lowest BCUT2D eigenvalue weighted by atomic mass is 10.0. The number of esters is 1. The lowest BCUT2D eigenvalue weighted by Gasteiger charge is -2.10. The van der Waals surface area contributed by atoms with Crippen LogP contribution in [-0.2, 0) is 14.3 Å². The molecule has 0 radical (unpaired) electrons. The Morgan fingerprint density at radius 3 is 2.63 bits per heavy atom. The number of carbonyl (C=O) groups excluding carboxylic acids is 2. The fourth-order valence-electron chi connectivity index (χ4n) is 3.14. The minimum absolute atomic E-state index is 0.171. The number of carbonyl (C=O) groups is 2. The van der Waals surface area contributed by atoms with Crippen LogP contribution in [0.15, 0.2) is 18.3 Å². The largest absolute Gasteiger partial charge is 0.493 e. The first-order chi connectivity index (χ1) is 13.1. The highest BCUT2D eigenvalue weighted by atomic mass is 16.5. The molecule has 1 aliphatic carbocycles. The Kier molecular flexibility index (Phi) is 8.81. The van der Waals surface area contributed by atoms with E-state index in [0.29, 0.717) is 30.2 Å². The number of allylic oxidation sites excluding steroid dienone is 1. The van der Waals surface area contributed by atoms with Crippen molar-refractivity contribution in [1.82, 2.24) is 4.98 Å². The van der Waals surface area contributed by atoms with Gasteiger partial charge in [0.05, 0.1) is 32.7 Å². The van der Waals surface area contributed by atoms with Crippen LogP contribution in [0.1, 0.15) is 57.1 Å². The molecule has 1 fully saturated rings. The number of aromatic nitrogens is 1. The van der Waals surface area contributed by atoms with Crippen LogP contribution in [0.3, 0.4) is 0 Å². The number of nitrogens with zero attached hydrogens (tertiary/aromatic N) is 1. The van der Waals surface area contributed by atoms with Crippen molar-refractivity contribution in [3.8, 4) is 11.5 Å². The summed E-state index contributed by atoms with van der Waals surface area (Å²) in [5.41, 5.74) is 0.670. The normalized spacial score (nSPS) is 14.4. The molecule has 0 bridgehead atoms. The molecule has 0 unspecified atom stereocenters. The van der Waals surface area contributed by atoms with E-state index in [9.17, 15) is 9.59 Å². The predicted octanol–water partition coefficient (Wildman–Crippen LogP) is 3.97. The van der Waals surface area contributed by atoms with E-state index in [2.05, 4.69) is 9.72 Å². The van der Waals surface area contributed by atoms with E-state index < -0.39 is 0 Å². The van der Waals surface area contributed by atoms with Gasteiger partial charge in [-0.25, -0.2) is 0 Å². The van der Waals surface area contributed by atoms with Crippen LogP contribution in [0, 0.1) is 5.92 Å². The second kappa shape index (κ2) is 11.4. The van der Waals surface area contributed by atoms with Gasteiger partial charge in [-0.1, -0.05) is 12.8 Å². The van der Waals surface area contributed by atoms with Crippen molar-refractivity contribution in [2.45, 2.75) is 51.4 Å². The number of ketones is 1. The zero-order chi connectivity index (χ0) is 19.5. The number of rotatable bonds is 11. The number of pyridine rings is 1. The molecule has 1 saturated carbocycles. The molecule has 148 valence electrons. The van der Waals surface area contributed by atoms with Crippen molar-refractivity contribution in [3.05, 3.63) is 24.0 Å². The van der Waals surface area contributed by atoms with Crippen molar-refractivity contribution in [2.75, 3.05) is 20.8 Å². The number of hydrogen-bond acceptors (Lipinski definition) is 6. The van der Waals surface area contributed by atoms with Crippen LogP contribution in [0.25, 0.3) is 6.08 Å². The molecule has 1 heterocycles. The van der Waals surface area contributed by atoms with E-state index in [1.54, 1.807) is 31.5 Å². The molecule has 0 aliphatic heterocycles. The summed E-state index contributed by atoms with van der Waals surface area (Å²) in [7, 11) is 2.98. The fourth-order valence-corrected chi connectivity index (χ4v) is 3.14. The van der Waals surface area contributed by atoms with Crippen LogP contribution in [-0.4, -0.2) is 37.6 Å². The van der Waals surface area contributed by atoms with Crippen LogP contribution in [0.5, 0.6) is 11.5 Å². The predicted molar refractivity (Wildman–Crippen MR) is 103 cm³/mol. The summed E-state index contributed by atoms with van der Waals surface area (Å²) in [6, 6.07) is 1.77. The molecule has 0 aromatic carbocycles. The highest BCUT2D eigenvalue weighted by Crippen LogP contribution is 2.28. The van der Waals surface area contributed by atoms with E-state index in [4.69, 9.17) is 9.47 Å². The number of unbranched alkanes of at least 4 members (excludes halogenated alkanes) is 2. The molecule has 0 spiro atoms. The summed E-state index contributed by atoms with van der Waals surface area (Å²) in [4.78, 5) is 27.5. The summed E-state index contributed by atoms with van der Waals surface area (Å²) in [5.74, 6) is 1.33. The lowest BCUT2D eigenvalue weighted by molar-refractivity contribution is -0.140. The van der Waals surface area contributed by atoms with Crippen LogP contribution in [0.2, 0.25) is 0 Å². The van der Waals surface area contributed by atoms with Crippen molar-refractivity contribution < 1.29 is 23.8 Å². The standard InChI is InChI=1S/C21H29NO5/c1-25-19-14-17(11-12-18(23)16-8-5-6-9-16)22-15-20(19)27-13-7-3-4-10-21(24)26-2/h11-12,14-16H,3-10,13H2,1-2H3/b12-11+. The third-order valence-electron chi connectivity index (χ3n) is 4.76. The van der Waals surface area contributed by atoms with Gasteiger partial charge in [-0.15, -0.1) is 0 Å². The number of ether oxygens (including phenoxy) is 3. The van der Waals surface area contributed by atoms with Crippen molar-refractivity contribution in [1.29, 1.82) is 0 Å². The molecule has 1 aromatic heterocycles. The zero-order valence-corrected chi connectivity index (χ0v) is 16.2. The molecule has 27 heavy (non-hydrogen) atoms. The monoisotopic (exact) mass is 375 g/mol. The third kappa shape index (κ3) is 7.04. The maximum atomic E-state index is 12.1. The van der Waals surface area contributed by atoms with E-state index in [0.717, 1.165) is 44.9 Å². The van der Waals surface area contributed by atoms with E-state index in [1.165, 1.54) is 7.11 Å². The molecule has 2 rings (SSSR count). The molecule has 6 heteroatoms. The van der Waals surface area contributed by atoms with Crippen molar-refractivity contribution in [3.63, 3.8) is 0 Å². The first-order valence-electron chi connectivity index (χ1n) is 9.59. The number of hydrogen-bond donors (Lipinski definition) is 0. The highest BCUT2D eigenvalue weighted by Gasteiger charge is 2.20. The SMILES string of the molecule is COC(=O)CCCCCOc1cnc(/C=C/C(=O)C2CCCC2)cc1OC. The van der Waals surface area contributed by atoms with Gasteiger partial charge in [-0.05, 0) is 44.3 Å². The van der Waals surface area contributed by atoms with Crippen LogP contribution >= 0.6 is 0 Å². The summed E-state index contributed by atoms with van der Waals surface area (Å²) in [5, 5.41) is 0. The van der Waals surface area contributed by atoms with Gasteiger partial charge in [-0.3, -0.25) is 14.6 Å². The van der Waals surface area contributed by atoms with Gasteiger partial charge in [0.15, 0.2) is 17.3 Å². The molecule has 0 saturated heterocycles. The molecule has 1 aromatic rings. The second-order valence-electron chi connectivity index (χ2n) is 6.71. The maximum absolute atomic E-state index is 12.1. The quantitative estimate of drug-likeness (QED) is 0.331. The summed E-state index contributed by atoms with van der Waals surface area (Å²) in [6.45, 7) is 0.522. The molecule has 0 N–H and O–H groups in total. The van der Waals surface area contributed by atoms with Gasteiger partial charge in [0, 0.05) is 18.4 Å². The highest BCUT2D eigenvalue weighted by molar-refractivity contribution is 5.95. The van der Waals surface area contributed by atoms with E-state index in [1.807, 2.05) is 0 Å². The summed E-state index contributed by atoms with van der Waals surface area (Å²) in [6.07, 6.45) is 12.2. The van der Waals surface area contributed by atoms with Crippen LogP contribution < -0.4 is 9.47 Å². The fraction of sp³-hybridized carbons (Fsp3) is 0.571. The van der Waals surface area contributed by atoms with Crippen molar-refractivity contribution in [2.24, 2.45) is 5.92 Å². The Hall–Kier alpha value is -2.37. The minimum Gasteiger partial charge on any atom is -0.493 e. The van der Waals surface area contributed by atoms with E-state index in [-0.39, 0.29) is 17.7 Å². The van der Waals surface area contributed by atoms with Gasteiger partial charge >= 0.3 is 5.97 Å². The smallest absolute Gasteiger partial charge is 0.305 e. The molecule has 0 atom stereocenters. The Morgan fingerprint density at radius 2 is 1.93 bits per heavy atom. The Balaban J connectivity index is 1.80. The average Bonchev–Trinajstić information content (AvgIpc) is 3.23. The first-order valence-corrected chi connectivity index (χ1v) is 9.59. The van der Waals surface area contributed by atoms with Gasteiger partial charge in [0.1, 0.15) is 0 Å². The van der Waals surface area contributed by atoms with Gasteiger partial charge < -0.3 is 14.2 Å². The second-order valence-corrected chi connectivity index (χ2v) is 6.71. The van der Waals surface area contributed by atoms with Gasteiger partial charge in [-0.2, -0.15) is 0 Å². The first kappa shape index (κ1) is 20.9. The zero-order valence-electron chi connectivity index (χ0n) is 16.2. The lowest BCUT2D eigenvalue weighted by Crippen LogP contribution is -2.06. The Bertz CT molecular complexity index is 650. The molecular formula is C21H29NO5. The van der Waals surface area contributed by atoms with E-state index >= 15 is 0 Å². The Labute approximate surface area is 160 Å². The molecule has 1 aliphatic rings. The summed E-state index contributed by atoms with van der Waals surface area (Å²) < 4.78 is 15.7. The van der Waals surface area contributed by atoms with Gasteiger partial charge in [0.25, 0.3) is 0 Å². The summed E-state index contributed by atoms with van der Waals surface area (Å²) >= 11 is 0. The topological polar surface area (TPSA) is 74.7 Å². The number of methoxy groups -OCH3 is 2. The Morgan fingerprint density at radius 1 is 1.15 bits per heavy atom. The van der Waals surface area contributed by atoms with Crippen molar-refractivity contribution >= 4 is 17.8 Å².